The summed E-state index contributed by atoms with van der Waals surface area (Å²) in [5.41, 5.74) is 0.708. The fraction of sp³-hybridized carbons (Fsp3) is 0. The van der Waals surface area contributed by atoms with Crippen molar-refractivity contribution in [1.29, 1.82) is 0 Å². The smallest absolute Gasteiger partial charge is 0.335 e. The Morgan fingerprint density at radius 3 is 2.43 bits per heavy atom. The number of hydrogen-bond acceptors (Lipinski definition) is 2. The van der Waals surface area contributed by atoms with Gasteiger partial charge in [-0.2, -0.15) is 0 Å². The van der Waals surface area contributed by atoms with Crippen molar-refractivity contribution in [3.8, 4) is 0 Å². The Hall–Kier alpha value is -1.31. The molecule has 0 aromatic heterocycles. The van der Waals surface area contributed by atoms with Crippen LogP contribution in [0.2, 0.25) is 10.0 Å². The molecule has 0 aliphatic rings. The van der Waals surface area contributed by atoms with Gasteiger partial charge in [-0.15, -0.1) is 0 Å². The van der Waals surface area contributed by atoms with Crippen LogP contribution in [-0.4, -0.2) is 17.0 Å². The number of halogens is 3. The number of hydrogen-bond donors (Lipinski definition) is 2. The first-order valence-corrected chi connectivity index (χ1v) is 7.50. The maximum Gasteiger partial charge on any atom is 0.335 e. The van der Waals surface area contributed by atoms with Gasteiger partial charge in [0, 0.05) is 19.3 Å². The number of carboxylic acid groups (broad SMARTS) is 1. The van der Waals surface area contributed by atoms with Gasteiger partial charge in [0.15, 0.2) is 0 Å². The fourth-order valence-electron chi connectivity index (χ4n) is 1.66. The van der Waals surface area contributed by atoms with Crippen LogP contribution in [0.25, 0.3) is 0 Å². The highest BCUT2D eigenvalue weighted by molar-refractivity contribution is 14.1. The molecule has 0 aliphatic carbocycles. The lowest BCUT2D eigenvalue weighted by Crippen LogP contribution is -2.14. The van der Waals surface area contributed by atoms with Crippen molar-refractivity contribution in [2.45, 2.75) is 0 Å². The lowest BCUT2D eigenvalue weighted by atomic mass is 10.1. The van der Waals surface area contributed by atoms with Gasteiger partial charge in [0.05, 0.1) is 11.1 Å². The van der Waals surface area contributed by atoms with Crippen molar-refractivity contribution in [1.82, 2.24) is 0 Å². The summed E-state index contributed by atoms with van der Waals surface area (Å²) in [4.78, 5) is 23.2. The minimum Gasteiger partial charge on any atom is -0.478 e. The van der Waals surface area contributed by atoms with Crippen LogP contribution in [0, 0.1) is 3.57 Å². The molecule has 0 spiro atoms. The number of benzene rings is 2. The third kappa shape index (κ3) is 4.09. The third-order valence-corrected chi connectivity index (χ3v) is 3.97. The summed E-state index contributed by atoms with van der Waals surface area (Å²) in [7, 11) is 0. The minimum atomic E-state index is -1.12. The summed E-state index contributed by atoms with van der Waals surface area (Å²) in [6.07, 6.45) is 0. The van der Waals surface area contributed by atoms with Gasteiger partial charge in [-0.25, -0.2) is 4.79 Å². The maximum atomic E-state index is 12.2. The Morgan fingerprint density at radius 1 is 1.05 bits per heavy atom. The van der Waals surface area contributed by atoms with E-state index >= 15 is 0 Å². The predicted molar refractivity (Wildman–Crippen MR) is 90.5 cm³/mol. The molecule has 0 aliphatic heterocycles. The number of nitrogens with one attached hydrogen (secondary N) is 1. The summed E-state index contributed by atoms with van der Waals surface area (Å²) in [6, 6.07) is 9.07. The Balaban J connectivity index is 2.31. The molecular formula is C14H8Cl2INO3. The molecule has 0 atom stereocenters. The molecule has 0 radical (unpaired) electrons. The van der Waals surface area contributed by atoms with Crippen molar-refractivity contribution in [2.24, 2.45) is 0 Å². The molecule has 0 saturated heterocycles. The SMILES string of the molecule is O=C(O)c1cc(Cl)cc(NC(=O)c2cc(Cl)ccc2I)c1. The second kappa shape index (κ2) is 6.64. The van der Waals surface area contributed by atoms with Crippen molar-refractivity contribution in [3.63, 3.8) is 0 Å². The normalized spacial score (nSPS) is 10.2. The summed E-state index contributed by atoms with van der Waals surface area (Å²) >= 11 is 13.7. The van der Waals surface area contributed by atoms with Crippen LogP contribution in [-0.2, 0) is 0 Å². The molecule has 2 N–H and O–H groups in total. The van der Waals surface area contributed by atoms with Gasteiger partial charge >= 0.3 is 5.97 Å². The lowest BCUT2D eigenvalue weighted by molar-refractivity contribution is 0.0696. The van der Waals surface area contributed by atoms with Gasteiger partial charge < -0.3 is 10.4 Å². The van der Waals surface area contributed by atoms with E-state index < -0.39 is 5.97 Å². The van der Waals surface area contributed by atoms with Crippen LogP contribution in [0.4, 0.5) is 5.69 Å². The highest BCUT2D eigenvalue weighted by Crippen LogP contribution is 2.22. The van der Waals surface area contributed by atoms with Crippen molar-refractivity contribution in [2.75, 3.05) is 5.32 Å². The molecule has 0 heterocycles. The van der Waals surface area contributed by atoms with E-state index in [1.807, 2.05) is 22.6 Å². The van der Waals surface area contributed by atoms with E-state index in [1.54, 1.807) is 18.2 Å². The van der Waals surface area contributed by atoms with Crippen molar-refractivity contribution in [3.05, 3.63) is 61.1 Å². The standard InChI is InChI=1S/C14H8Cl2INO3/c15-8-1-2-12(17)11(6-8)13(19)18-10-4-7(14(20)21)3-9(16)5-10/h1-6H,(H,18,19)(H,20,21). The zero-order valence-corrected chi connectivity index (χ0v) is 14.0. The van der Waals surface area contributed by atoms with E-state index in [2.05, 4.69) is 5.32 Å². The van der Waals surface area contributed by atoms with E-state index in [0.717, 1.165) is 3.57 Å². The molecule has 2 aromatic rings. The lowest BCUT2D eigenvalue weighted by Gasteiger charge is -2.09. The van der Waals surface area contributed by atoms with Gasteiger partial charge in [-0.1, -0.05) is 23.2 Å². The van der Waals surface area contributed by atoms with Crippen LogP contribution < -0.4 is 5.32 Å². The Labute approximate surface area is 144 Å². The second-order valence-electron chi connectivity index (χ2n) is 4.11. The first-order valence-electron chi connectivity index (χ1n) is 5.67. The molecule has 0 unspecified atom stereocenters. The molecule has 2 rings (SSSR count). The summed E-state index contributed by atoms with van der Waals surface area (Å²) < 4.78 is 0.731. The predicted octanol–water partition coefficient (Wildman–Crippen LogP) is 4.55. The fourth-order valence-corrected chi connectivity index (χ4v) is 2.64. The summed E-state index contributed by atoms with van der Waals surface area (Å²) in [6.45, 7) is 0. The van der Waals surface area contributed by atoms with E-state index in [0.29, 0.717) is 16.3 Å². The van der Waals surface area contributed by atoms with Crippen molar-refractivity contribution < 1.29 is 14.7 Å². The van der Waals surface area contributed by atoms with Crippen molar-refractivity contribution >= 4 is 63.4 Å². The molecule has 0 saturated carbocycles. The number of anilines is 1. The van der Waals surface area contributed by atoms with Crippen LogP contribution in [0.5, 0.6) is 0 Å². The largest absolute Gasteiger partial charge is 0.478 e. The topological polar surface area (TPSA) is 66.4 Å². The number of rotatable bonds is 3. The highest BCUT2D eigenvalue weighted by atomic mass is 127. The number of carbonyl (C=O) groups excluding carboxylic acids is 1. The molecule has 0 fully saturated rings. The zero-order chi connectivity index (χ0) is 15.6. The monoisotopic (exact) mass is 435 g/mol. The first-order chi connectivity index (χ1) is 9.86. The average molecular weight is 436 g/mol. The van der Waals surface area contributed by atoms with Gasteiger partial charge in [0.25, 0.3) is 5.91 Å². The molecule has 2 aromatic carbocycles. The van der Waals surface area contributed by atoms with Gasteiger partial charge in [0.2, 0.25) is 0 Å². The molecule has 108 valence electrons. The molecule has 7 heteroatoms. The Kier molecular flexibility index (Phi) is 5.08. The highest BCUT2D eigenvalue weighted by Gasteiger charge is 2.13. The first kappa shape index (κ1) is 16.1. The average Bonchev–Trinajstić information content (AvgIpc) is 2.40. The number of carboxylic acids is 1. The van der Waals surface area contributed by atoms with E-state index in [-0.39, 0.29) is 16.5 Å². The molecule has 21 heavy (non-hydrogen) atoms. The Morgan fingerprint density at radius 2 is 1.76 bits per heavy atom. The number of aromatic carboxylic acids is 1. The van der Waals surface area contributed by atoms with Crippen LogP contribution in [0.1, 0.15) is 20.7 Å². The van der Waals surface area contributed by atoms with Gasteiger partial charge in [-0.05, 0) is 59.0 Å². The zero-order valence-electron chi connectivity index (χ0n) is 10.4. The summed E-state index contributed by atoms with van der Waals surface area (Å²) in [5.74, 6) is -1.51. The van der Waals surface area contributed by atoms with Crippen LogP contribution in [0.3, 0.4) is 0 Å². The van der Waals surface area contributed by atoms with E-state index in [1.165, 1.54) is 18.2 Å². The van der Waals surface area contributed by atoms with Gasteiger partial charge in [-0.3, -0.25) is 4.79 Å². The van der Waals surface area contributed by atoms with E-state index in [4.69, 9.17) is 28.3 Å². The Bertz CT molecular complexity index is 734. The molecular weight excluding hydrogens is 428 g/mol. The molecule has 0 bridgehead atoms. The summed E-state index contributed by atoms with van der Waals surface area (Å²) in [5, 5.41) is 12.3. The second-order valence-corrected chi connectivity index (χ2v) is 6.15. The van der Waals surface area contributed by atoms with Crippen LogP contribution >= 0.6 is 45.8 Å². The van der Waals surface area contributed by atoms with Crippen LogP contribution in [0.15, 0.2) is 36.4 Å². The number of amides is 1. The third-order valence-electron chi connectivity index (χ3n) is 2.58. The van der Waals surface area contributed by atoms with Gasteiger partial charge in [0.1, 0.15) is 0 Å². The minimum absolute atomic E-state index is 0.00130. The van der Waals surface area contributed by atoms with E-state index in [9.17, 15) is 9.59 Å². The maximum absolute atomic E-state index is 12.2. The number of carbonyl (C=O) groups is 2. The molecule has 4 nitrogen and oxygen atoms in total. The molecule has 1 amide bonds. The quantitative estimate of drug-likeness (QED) is 0.695.